The lowest BCUT2D eigenvalue weighted by Crippen LogP contribution is -2.17. The number of nitrogens with zero attached hydrogens (tertiary/aromatic N) is 2. The summed E-state index contributed by atoms with van der Waals surface area (Å²) in [6, 6.07) is 20.7. The van der Waals surface area contributed by atoms with Crippen molar-refractivity contribution in [2.75, 3.05) is 0 Å². The maximum Gasteiger partial charge on any atom is 0.519 e. The molecule has 0 aliphatic heterocycles. The van der Waals surface area contributed by atoms with E-state index in [1.165, 1.54) is 48.5 Å². The minimum atomic E-state index is -1.02. The highest BCUT2D eigenvalue weighted by Gasteiger charge is 2.33. The highest BCUT2D eigenvalue weighted by Crippen LogP contribution is 2.47. The van der Waals surface area contributed by atoms with Crippen LogP contribution in [0.1, 0.15) is 41.5 Å². The molecule has 5 rings (SSSR count). The van der Waals surface area contributed by atoms with Crippen LogP contribution in [0.15, 0.2) is 84.9 Å². The summed E-state index contributed by atoms with van der Waals surface area (Å²) in [5, 5.41) is 21.8. The molecule has 0 saturated heterocycles. The highest BCUT2D eigenvalue weighted by atomic mass is 16.7. The van der Waals surface area contributed by atoms with Crippen LogP contribution in [0.3, 0.4) is 0 Å². The van der Waals surface area contributed by atoms with E-state index in [1.54, 1.807) is 24.3 Å². The average Bonchev–Trinajstić information content (AvgIpc) is 3.42. The van der Waals surface area contributed by atoms with Gasteiger partial charge in [0.1, 0.15) is 23.0 Å². The molecule has 0 N–H and O–H groups in total. The fraction of sp³-hybridized carbons (Fsp3) is 0.161. The Hall–Kier alpha value is -5.78. The van der Waals surface area contributed by atoms with Crippen LogP contribution in [0, 0.1) is 20.2 Å². The number of nitro benzene ring substituents is 2. The average molecular weight is 585 g/mol. The molecule has 0 spiro atoms. The van der Waals surface area contributed by atoms with Gasteiger partial charge in [0.25, 0.3) is 11.4 Å². The minimum Gasteiger partial charge on any atom is -0.395 e. The van der Waals surface area contributed by atoms with Crippen molar-refractivity contribution in [2.45, 2.75) is 32.1 Å². The molecule has 4 aromatic rings. The number of fused-ring (bicyclic) bond motifs is 1. The van der Waals surface area contributed by atoms with Crippen LogP contribution in [-0.2, 0) is 12.8 Å². The molecule has 12 nitrogen and oxygen atoms in total. The number of non-ortho nitro benzene ring substituents is 2. The van der Waals surface area contributed by atoms with E-state index < -0.39 is 22.2 Å². The van der Waals surface area contributed by atoms with E-state index >= 15 is 0 Å². The van der Waals surface area contributed by atoms with Gasteiger partial charge in [-0.05, 0) is 66.8 Å². The van der Waals surface area contributed by atoms with Gasteiger partial charge in [-0.15, -0.1) is 0 Å². The Labute approximate surface area is 244 Å². The molecule has 0 amide bonds. The second-order valence-corrected chi connectivity index (χ2v) is 9.51. The fourth-order valence-electron chi connectivity index (χ4n) is 5.09. The van der Waals surface area contributed by atoms with Crippen molar-refractivity contribution in [1.29, 1.82) is 0 Å². The van der Waals surface area contributed by atoms with E-state index in [1.807, 2.05) is 19.1 Å². The molecule has 1 aliphatic rings. The second kappa shape index (κ2) is 12.4. The van der Waals surface area contributed by atoms with Crippen LogP contribution in [-0.4, -0.2) is 22.2 Å². The third-order valence-electron chi connectivity index (χ3n) is 6.98. The maximum atomic E-state index is 12.8. The molecular formula is C31H24N2O10. The zero-order valence-corrected chi connectivity index (χ0v) is 22.8. The van der Waals surface area contributed by atoms with Crippen LogP contribution in [0.4, 0.5) is 21.0 Å². The number of nitro groups is 2. The number of benzene rings is 4. The van der Waals surface area contributed by atoms with Crippen LogP contribution in [0.25, 0.3) is 0 Å². The number of aryl methyl sites for hydroxylation is 2. The van der Waals surface area contributed by atoms with E-state index in [9.17, 15) is 29.8 Å². The third kappa shape index (κ3) is 6.43. The fourth-order valence-corrected chi connectivity index (χ4v) is 5.09. The first-order valence-electron chi connectivity index (χ1n) is 13.2. The molecule has 0 saturated carbocycles. The van der Waals surface area contributed by atoms with Crippen LogP contribution in [0.2, 0.25) is 0 Å². The van der Waals surface area contributed by atoms with Gasteiger partial charge in [0.15, 0.2) is 0 Å². The molecule has 12 heteroatoms. The summed E-state index contributed by atoms with van der Waals surface area (Å²) in [7, 11) is 0. The smallest absolute Gasteiger partial charge is 0.395 e. The molecule has 4 aromatic carbocycles. The molecule has 0 fully saturated rings. The van der Waals surface area contributed by atoms with Crippen LogP contribution in [0.5, 0.6) is 23.0 Å². The Morgan fingerprint density at radius 2 is 1.19 bits per heavy atom. The standard InChI is InChI=1S/C31H24N2O10/c1-2-19-5-3-7-26(42-30(34)40-23-14-10-21(11-15-23)32(36)37)28(19)25-18-9-20-6-4-8-27(29(20)25)43-31(35)41-24-16-12-22(13-17-24)33(38)39/h3-8,10-17,25H,2,9,18H2,1H3/t25-/m1/s1. The molecular weight excluding hydrogens is 560 g/mol. The van der Waals surface area contributed by atoms with E-state index in [0.717, 1.165) is 22.3 Å². The Balaban J connectivity index is 1.38. The first-order chi connectivity index (χ1) is 20.7. The highest BCUT2D eigenvalue weighted by molar-refractivity contribution is 5.71. The van der Waals surface area contributed by atoms with Gasteiger partial charge in [0, 0.05) is 41.3 Å². The van der Waals surface area contributed by atoms with Gasteiger partial charge in [-0.3, -0.25) is 20.2 Å². The zero-order chi connectivity index (χ0) is 30.5. The normalized spacial score (nSPS) is 13.5. The number of rotatable bonds is 8. The zero-order valence-electron chi connectivity index (χ0n) is 22.8. The molecule has 1 atom stereocenters. The van der Waals surface area contributed by atoms with E-state index in [2.05, 4.69) is 0 Å². The van der Waals surface area contributed by atoms with Gasteiger partial charge in [0.2, 0.25) is 0 Å². The first-order valence-corrected chi connectivity index (χ1v) is 13.2. The molecule has 0 bridgehead atoms. The predicted octanol–water partition coefficient (Wildman–Crippen LogP) is 7.30. The Morgan fingerprint density at radius 3 is 1.67 bits per heavy atom. The first kappa shape index (κ1) is 28.7. The molecule has 43 heavy (non-hydrogen) atoms. The molecule has 0 radical (unpaired) electrons. The lowest BCUT2D eigenvalue weighted by molar-refractivity contribution is -0.385. The second-order valence-electron chi connectivity index (χ2n) is 9.51. The number of hydrogen-bond acceptors (Lipinski definition) is 10. The summed E-state index contributed by atoms with van der Waals surface area (Å²) in [5.74, 6) is 0.414. The summed E-state index contributed by atoms with van der Waals surface area (Å²) in [5.41, 5.74) is 3.07. The Kier molecular flexibility index (Phi) is 8.28. The van der Waals surface area contributed by atoms with Crippen molar-refractivity contribution in [1.82, 2.24) is 0 Å². The van der Waals surface area contributed by atoms with Gasteiger partial charge in [-0.2, -0.15) is 0 Å². The summed E-state index contributed by atoms with van der Waals surface area (Å²) in [6.07, 6.45) is -0.0734. The van der Waals surface area contributed by atoms with Gasteiger partial charge in [0.05, 0.1) is 9.85 Å². The largest absolute Gasteiger partial charge is 0.519 e. The third-order valence-corrected chi connectivity index (χ3v) is 6.98. The number of ether oxygens (including phenoxy) is 4. The van der Waals surface area contributed by atoms with Gasteiger partial charge in [-0.1, -0.05) is 31.2 Å². The van der Waals surface area contributed by atoms with Crippen molar-refractivity contribution in [3.63, 3.8) is 0 Å². The van der Waals surface area contributed by atoms with E-state index in [4.69, 9.17) is 18.9 Å². The molecule has 0 aromatic heterocycles. The molecule has 0 unspecified atom stereocenters. The van der Waals surface area contributed by atoms with Crippen molar-refractivity contribution in [3.05, 3.63) is 127 Å². The minimum absolute atomic E-state index is 0.0808. The van der Waals surface area contributed by atoms with E-state index in [-0.39, 0.29) is 40.3 Å². The summed E-state index contributed by atoms with van der Waals surface area (Å²) in [4.78, 5) is 46.1. The van der Waals surface area contributed by atoms with Crippen molar-refractivity contribution < 1.29 is 38.4 Å². The lowest BCUT2D eigenvalue weighted by Gasteiger charge is -2.21. The topological polar surface area (TPSA) is 157 Å². The Bertz CT molecular complexity index is 1700. The summed E-state index contributed by atoms with van der Waals surface area (Å²) < 4.78 is 21.8. The summed E-state index contributed by atoms with van der Waals surface area (Å²) in [6.45, 7) is 1.97. The predicted molar refractivity (Wildman–Crippen MR) is 152 cm³/mol. The van der Waals surface area contributed by atoms with Crippen LogP contribution < -0.4 is 18.9 Å². The number of hydrogen-bond donors (Lipinski definition) is 0. The monoisotopic (exact) mass is 584 g/mol. The molecule has 218 valence electrons. The van der Waals surface area contributed by atoms with Gasteiger partial charge in [-0.25, -0.2) is 9.59 Å². The van der Waals surface area contributed by atoms with E-state index in [0.29, 0.717) is 19.3 Å². The molecule has 0 heterocycles. The van der Waals surface area contributed by atoms with Crippen molar-refractivity contribution >= 4 is 23.7 Å². The van der Waals surface area contributed by atoms with Gasteiger partial charge >= 0.3 is 12.3 Å². The maximum absolute atomic E-state index is 12.8. The number of carbonyl (C=O) groups excluding carboxylic acids is 2. The summed E-state index contributed by atoms with van der Waals surface area (Å²) >= 11 is 0. The van der Waals surface area contributed by atoms with Crippen molar-refractivity contribution in [3.8, 4) is 23.0 Å². The lowest BCUT2D eigenvalue weighted by atomic mass is 9.87. The number of carbonyl (C=O) groups is 2. The van der Waals surface area contributed by atoms with Crippen LogP contribution >= 0.6 is 0 Å². The quantitative estimate of drug-likeness (QED) is 0.0890. The SMILES string of the molecule is CCc1cccc(OC(=O)Oc2ccc([N+](=O)[O-])cc2)c1[C@H]1CCc2cccc(OC(=O)Oc3ccc([N+](=O)[O-])cc3)c21. The molecule has 1 aliphatic carbocycles. The Morgan fingerprint density at radius 1 is 0.698 bits per heavy atom. The van der Waals surface area contributed by atoms with Crippen molar-refractivity contribution in [2.24, 2.45) is 0 Å². The van der Waals surface area contributed by atoms with Gasteiger partial charge < -0.3 is 18.9 Å².